The minimum absolute atomic E-state index is 0.0309. The molecule has 1 heterocycles. The molecule has 0 saturated carbocycles. The van der Waals surface area contributed by atoms with E-state index in [0.717, 1.165) is 16.3 Å². The average molecular weight is 519 g/mol. The quantitative estimate of drug-likeness (QED) is 0.323. The first-order valence-corrected chi connectivity index (χ1v) is 13.7. The number of nitrogens with zero attached hydrogens (tertiary/aromatic N) is 3. The van der Waals surface area contributed by atoms with Crippen LogP contribution in [0.25, 0.3) is 10.8 Å². The van der Waals surface area contributed by atoms with Gasteiger partial charge in [-0.05, 0) is 54.3 Å². The Kier molecular flexibility index (Phi) is 8.03. The van der Waals surface area contributed by atoms with Gasteiger partial charge in [-0.25, -0.2) is 13.1 Å². The molecule has 37 heavy (non-hydrogen) atoms. The summed E-state index contributed by atoms with van der Waals surface area (Å²) in [5.41, 5.74) is 1.73. The fourth-order valence-corrected chi connectivity index (χ4v) is 5.30. The van der Waals surface area contributed by atoms with Gasteiger partial charge in [0.25, 0.3) is 10.0 Å². The predicted octanol–water partition coefficient (Wildman–Crippen LogP) is 3.62. The molecule has 1 atom stereocenters. The second-order valence-electron chi connectivity index (χ2n) is 8.78. The van der Waals surface area contributed by atoms with Gasteiger partial charge in [0.15, 0.2) is 0 Å². The number of nitrogens with one attached hydrogen (secondary N) is 1. The summed E-state index contributed by atoms with van der Waals surface area (Å²) in [5, 5.41) is 5.98. The molecule has 0 spiro atoms. The normalized spacial score (nSPS) is 12.3. The van der Waals surface area contributed by atoms with E-state index in [1.165, 1.54) is 17.0 Å². The molecule has 1 aromatic heterocycles. The van der Waals surface area contributed by atoms with Crippen molar-refractivity contribution < 1.29 is 18.0 Å². The predicted molar refractivity (Wildman–Crippen MR) is 142 cm³/mol. The fraction of sp³-hybridized carbons (Fsp3) is 0.250. The molecule has 4 aromatic rings. The SMILES string of the molecule is CCN(CC)C(=O)C(Cc1cnn(Cc2ccccc2)c1)C(=O)NS(=O)(=O)c1ccc2ccccc2c1. The summed E-state index contributed by atoms with van der Waals surface area (Å²) >= 11 is 0. The Balaban J connectivity index is 1.56. The Bertz CT molecular complexity index is 1490. The van der Waals surface area contributed by atoms with Crippen LogP contribution in [0.5, 0.6) is 0 Å². The van der Waals surface area contributed by atoms with Crippen LogP contribution < -0.4 is 4.72 Å². The molecule has 1 unspecified atom stereocenters. The minimum Gasteiger partial charge on any atom is -0.343 e. The highest BCUT2D eigenvalue weighted by Gasteiger charge is 2.33. The lowest BCUT2D eigenvalue weighted by atomic mass is 9.99. The highest BCUT2D eigenvalue weighted by Crippen LogP contribution is 2.20. The van der Waals surface area contributed by atoms with Crippen LogP contribution in [0.1, 0.15) is 25.0 Å². The number of carbonyl (C=O) groups is 2. The van der Waals surface area contributed by atoms with Gasteiger partial charge >= 0.3 is 0 Å². The standard InChI is InChI=1S/C28H30N4O4S/c1-3-31(4-2)28(34)26(16-22-18-29-32(20-22)19-21-10-6-5-7-11-21)27(33)30-37(35,36)25-15-14-23-12-8-9-13-24(23)17-25/h5-15,17-18,20,26H,3-4,16,19H2,1-2H3,(H,30,33). The van der Waals surface area contributed by atoms with Crippen LogP contribution in [-0.4, -0.2) is 48.0 Å². The number of benzene rings is 3. The first kappa shape index (κ1) is 26.1. The summed E-state index contributed by atoms with van der Waals surface area (Å²) in [6.45, 7) is 4.99. The van der Waals surface area contributed by atoms with Crippen LogP contribution in [0.4, 0.5) is 0 Å². The summed E-state index contributed by atoms with van der Waals surface area (Å²) in [6, 6.07) is 21.8. The van der Waals surface area contributed by atoms with Crippen molar-refractivity contribution in [1.29, 1.82) is 0 Å². The van der Waals surface area contributed by atoms with Crippen LogP contribution in [0, 0.1) is 5.92 Å². The van der Waals surface area contributed by atoms with Crippen molar-refractivity contribution in [3.05, 3.63) is 96.3 Å². The maximum absolute atomic E-state index is 13.3. The minimum atomic E-state index is -4.19. The largest absolute Gasteiger partial charge is 0.343 e. The maximum Gasteiger partial charge on any atom is 0.264 e. The summed E-state index contributed by atoms with van der Waals surface area (Å²) < 4.78 is 30.1. The van der Waals surface area contributed by atoms with Crippen molar-refractivity contribution >= 4 is 32.6 Å². The van der Waals surface area contributed by atoms with Gasteiger partial charge in [0, 0.05) is 19.3 Å². The van der Waals surface area contributed by atoms with Crippen LogP contribution in [-0.2, 0) is 32.6 Å². The van der Waals surface area contributed by atoms with E-state index in [2.05, 4.69) is 9.82 Å². The van der Waals surface area contributed by atoms with Crippen molar-refractivity contribution in [2.45, 2.75) is 31.7 Å². The Morgan fingerprint density at radius 2 is 1.59 bits per heavy atom. The zero-order valence-electron chi connectivity index (χ0n) is 20.9. The Morgan fingerprint density at radius 3 is 2.30 bits per heavy atom. The van der Waals surface area contributed by atoms with E-state index in [9.17, 15) is 18.0 Å². The molecule has 0 fully saturated rings. The highest BCUT2D eigenvalue weighted by atomic mass is 32.2. The summed E-state index contributed by atoms with van der Waals surface area (Å²) in [5.74, 6) is -2.50. The molecule has 8 nitrogen and oxygen atoms in total. The molecular formula is C28H30N4O4S. The summed E-state index contributed by atoms with van der Waals surface area (Å²) in [7, 11) is -4.19. The molecule has 3 aromatic carbocycles. The average Bonchev–Trinajstić information content (AvgIpc) is 3.34. The van der Waals surface area contributed by atoms with Crippen molar-refractivity contribution in [1.82, 2.24) is 19.4 Å². The van der Waals surface area contributed by atoms with Crippen LogP contribution in [0.2, 0.25) is 0 Å². The number of rotatable bonds is 10. The third-order valence-corrected chi connectivity index (χ3v) is 7.61. The zero-order valence-corrected chi connectivity index (χ0v) is 21.7. The molecule has 0 saturated heterocycles. The van der Waals surface area contributed by atoms with E-state index in [1.54, 1.807) is 29.2 Å². The highest BCUT2D eigenvalue weighted by molar-refractivity contribution is 7.90. The number of aromatic nitrogens is 2. The second-order valence-corrected chi connectivity index (χ2v) is 10.5. The first-order valence-electron chi connectivity index (χ1n) is 12.2. The third-order valence-electron chi connectivity index (χ3n) is 6.27. The van der Waals surface area contributed by atoms with Crippen LogP contribution in [0.15, 0.2) is 90.1 Å². The molecule has 1 N–H and O–H groups in total. The van der Waals surface area contributed by atoms with Crippen molar-refractivity contribution in [2.24, 2.45) is 5.92 Å². The van der Waals surface area contributed by atoms with Crippen LogP contribution >= 0.6 is 0 Å². The fourth-order valence-electron chi connectivity index (χ4n) is 4.25. The monoisotopic (exact) mass is 518 g/mol. The zero-order chi connectivity index (χ0) is 26.4. The van der Waals surface area contributed by atoms with E-state index < -0.39 is 27.8 Å². The number of fused-ring (bicyclic) bond motifs is 1. The molecule has 0 bridgehead atoms. The maximum atomic E-state index is 13.3. The molecule has 2 amide bonds. The summed E-state index contributed by atoms with van der Waals surface area (Å²) in [4.78, 5) is 28.1. The van der Waals surface area contributed by atoms with Gasteiger partial charge < -0.3 is 4.90 Å². The second kappa shape index (κ2) is 11.4. The lowest BCUT2D eigenvalue weighted by molar-refractivity contribution is -0.141. The number of hydrogen-bond donors (Lipinski definition) is 1. The van der Waals surface area contributed by atoms with E-state index in [1.807, 2.05) is 62.4 Å². The Labute approximate surface area is 217 Å². The third kappa shape index (κ3) is 6.24. The molecule has 9 heteroatoms. The molecule has 192 valence electrons. The number of hydrogen-bond acceptors (Lipinski definition) is 5. The molecule has 0 radical (unpaired) electrons. The van der Waals surface area contributed by atoms with Gasteiger partial charge in [-0.2, -0.15) is 5.10 Å². The smallest absolute Gasteiger partial charge is 0.264 e. The topological polar surface area (TPSA) is 101 Å². The van der Waals surface area contributed by atoms with Crippen molar-refractivity contribution in [3.8, 4) is 0 Å². The Hall–Kier alpha value is -3.98. The van der Waals surface area contributed by atoms with Gasteiger partial charge in [0.1, 0.15) is 5.92 Å². The lowest BCUT2D eigenvalue weighted by Gasteiger charge is -2.24. The van der Waals surface area contributed by atoms with Gasteiger partial charge in [-0.15, -0.1) is 0 Å². The van der Waals surface area contributed by atoms with Crippen LogP contribution in [0.3, 0.4) is 0 Å². The molecule has 0 aliphatic heterocycles. The molecule has 4 rings (SSSR count). The van der Waals surface area contributed by atoms with E-state index in [4.69, 9.17) is 0 Å². The lowest BCUT2D eigenvalue weighted by Crippen LogP contribution is -2.46. The molecular weight excluding hydrogens is 488 g/mol. The van der Waals surface area contributed by atoms with E-state index in [0.29, 0.717) is 25.2 Å². The van der Waals surface area contributed by atoms with Gasteiger partial charge in [0.05, 0.1) is 17.6 Å². The molecule has 0 aliphatic carbocycles. The number of sulfonamides is 1. The van der Waals surface area contributed by atoms with Gasteiger partial charge in [-0.1, -0.05) is 60.7 Å². The van der Waals surface area contributed by atoms with Gasteiger partial charge in [-0.3, -0.25) is 14.3 Å². The van der Waals surface area contributed by atoms with Crippen molar-refractivity contribution in [2.75, 3.05) is 13.1 Å². The number of amides is 2. The summed E-state index contributed by atoms with van der Waals surface area (Å²) in [6.07, 6.45) is 3.42. The van der Waals surface area contributed by atoms with E-state index in [-0.39, 0.29) is 11.3 Å². The Morgan fingerprint density at radius 1 is 0.919 bits per heavy atom. The van der Waals surface area contributed by atoms with Crippen molar-refractivity contribution in [3.63, 3.8) is 0 Å². The van der Waals surface area contributed by atoms with E-state index >= 15 is 0 Å². The first-order chi connectivity index (χ1) is 17.8. The molecule has 0 aliphatic rings. The van der Waals surface area contributed by atoms with Gasteiger partial charge in [0.2, 0.25) is 11.8 Å². The number of carbonyl (C=O) groups excluding carboxylic acids is 2.